The first-order chi connectivity index (χ1) is 9.36. The molecule has 0 aliphatic carbocycles. The van der Waals surface area contributed by atoms with Gasteiger partial charge >= 0.3 is 0 Å². The van der Waals surface area contributed by atoms with E-state index in [1.54, 1.807) is 0 Å². The Morgan fingerprint density at radius 1 is 1.37 bits per heavy atom. The molecule has 1 aromatic rings. The summed E-state index contributed by atoms with van der Waals surface area (Å²) in [5.41, 5.74) is 1.08. The molecular formula is C12H21N5OS. The maximum absolute atomic E-state index is 5.42. The Hall–Kier alpha value is -0.760. The Morgan fingerprint density at radius 2 is 2.21 bits per heavy atom. The summed E-state index contributed by atoms with van der Waals surface area (Å²) in [5, 5.41) is 8.48. The zero-order chi connectivity index (χ0) is 13.1. The van der Waals surface area contributed by atoms with Gasteiger partial charge in [-0.3, -0.25) is 9.80 Å². The van der Waals surface area contributed by atoms with E-state index in [4.69, 9.17) is 4.74 Å². The van der Waals surface area contributed by atoms with Crippen LogP contribution in [0.5, 0.6) is 0 Å². The highest BCUT2D eigenvalue weighted by molar-refractivity contribution is 7.10. The third-order valence-corrected chi connectivity index (χ3v) is 4.75. The van der Waals surface area contributed by atoms with Crippen molar-refractivity contribution in [3.8, 4) is 0 Å². The predicted molar refractivity (Wildman–Crippen MR) is 75.5 cm³/mol. The van der Waals surface area contributed by atoms with Gasteiger partial charge in [-0.05, 0) is 6.42 Å². The number of morpholine rings is 1. The molecule has 0 amide bonds. The molecule has 2 fully saturated rings. The average molecular weight is 283 g/mol. The molecule has 2 aliphatic rings. The zero-order valence-electron chi connectivity index (χ0n) is 11.3. The average Bonchev–Trinajstić information content (AvgIpc) is 3.09. The molecule has 0 saturated carbocycles. The molecule has 0 aromatic carbocycles. The Kier molecular flexibility index (Phi) is 4.27. The van der Waals surface area contributed by atoms with Crippen LogP contribution in [0, 0.1) is 0 Å². The van der Waals surface area contributed by atoms with Crippen molar-refractivity contribution in [2.24, 2.45) is 0 Å². The SMILES string of the molecule is CNc1snnc1CN1CCC(N2CCOCC2)C1. The fourth-order valence-electron chi connectivity index (χ4n) is 2.91. The van der Waals surface area contributed by atoms with Crippen LogP contribution in [0.1, 0.15) is 12.1 Å². The van der Waals surface area contributed by atoms with Crippen molar-refractivity contribution in [2.45, 2.75) is 19.0 Å². The molecule has 7 heteroatoms. The first-order valence-corrected chi connectivity index (χ1v) is 7.67. The number of nitrogens with one attached hydrogen (secondary N) is 1. The molecule has 106 valence electrons. The molecule has 3 heterocycles. The van der Waals surface area contributed by atoms with Crippen molar-refractivity contribution in [3.05, 3.63) is 5.69 Å². The summed E-state index contributed by atoms with van der Waals surface area (Å²) in [6.45, 7) is 7.14. The summed E-state index contributed by atoms with van der Waals surface area (Å²) in [6, 6.07) is 0.688. The van der Waals surface area contributed by atoms with Gasteiger partial charge in [-0.1, -0.05) is 4.49 Å². The van der Waals surface area contributed by atoms with Gasteiger partial charge in [0, 0.05) is 57.3 Å². The fraction of sp³-hybridized carbons (Fsp3) is 0.833. The lowest BCUT2D eigenvalue weighted by Crippen LogP contribution is -2.44. The number of hydrogen-bond donors (Lipinski definition) is 1. The first-order valence-electron chi connectivity index (χ1n) is 6.90. The summed E-state index contributed by atoms with van der Waals surface area (Å²) in [6.07, 6.45) is 1.26. The van der Waals surface area contributed by atoms with E-state index in [1.165, 1.54) is 18.0 Å². The Balaban J connectivity index is 1.54. The van der Waals surface area contributed by atoms with E-state index < -0.39 is 0 Å². The molecule has 0 spiro atoms. The van der Waals surface area contributed by atoms with Crippen molar-refractivity contribution in [1.82, 2.24) is 19.4 Å². The lowest BCUT2D eigenvalue weighted by atomic mass is 10.2. The van der Waals surface area contributed by atoms with Crippen LogP contribution < -0.4 is 5.32 Å². The van der Waals surface area contributed by atoms with Crippen LogP contribution in [0.15, 0.2) is 0 Å². The minimum Gasteiger partial charge on any atom is -0.379 e. The van der Waals surface area contributed by atoms with Crippen LogP contribution in [0.2, 0.25) is 0 Å². The predicted octanol–water partition coefficient (Wildman–Crippen LogP) is 0.486. The highest BCUT2D eigenvalue weighted by Crippen LogP contribution is 2.22. The van der Waals surface area contributed by atoms with Crippen molar-refractivity contribution in [3.63, 3.8) is 0 Å². The van der Waals surface area contributed by atoms with E-state index in [-0.39, 0.29) is 0 Å². The van der Waals surface area contributed by atoms with Crippen molar-refractivity contribution < 1.29 is 4.74 Å². The maximum atomic E-state index is 5.42. The van der Waals surface area contributed by atoms with Gasteiger partial charge in [-0.25, -0.2) is 0 Å². The number of hydrogen-bond acceptors (Lipinski definition) is 7. The second-order valence-corrected chi connectivity index (χ2v) is 5.88. The third kappa shape index (κ3) is 3.05. The summed E-state index contributed by atoms with van der Waals surface area (Å²) >= 11 is 1.44. The normalized spacial score (nSPS) is 25.8. The van der Waals surface area contributed by atoms with Crippen LogP contribution in [0.25, 0.3) is 0 Å². The third-order valence-electron chi connectivity index (χ3n) is 3.97. The zero-order valence-corrected chi connectivity index (χ0v) is 12.2. The maximum Gasteiger partial charge on any atom is 0.134 e. The van der Waals surface area contributed by atoms with Crippen LogP contribution in [0.3, 0.4) is 0 Å². The summed E-state index contributed by atoms with van der Waals surface area (Å²) < 4.78 is 9.44. The topological polar surface area (TPSA) is 53.5 Å². The highest BCUT2D eigenvalue weighted by Gasteiger charge is 2.29. The lowest BCUT2D eigenvalue weighted by Gasteiger charge is -2.32. The molecule has 0 bridgehead atoms. The molecular weight excluding hydrogens is 262 g/mol. The van der Waals surface area contributed by atoms with E-state index in [0.29, 0.717) is 6.04 Å². The molecule has 19 heavy (non-hydrogen) atoms. The van der Waals surface area contributed by atoms with Gasteiger partial charge in [0.2, 0.25) is 0 Å². The molecule has 2 saturated heterocycles. The second kappa shape index (κ2) is 6.13. The minimum atomic E-state index is 0.688. The monoisotopic (exact) mass is 283 g/mol. The number of rotatable bonds is 4. The number of anilines is 1. The molecule has 1 atom stereocenters. The van der Waals surface area contributed by atoms with E-state index in [0.717, 1.165) is 56.6 Å². The minimum absolute atomic E-state index is 0.688. The Bertz CT molecular complexity index is 407. The van der Waals surface area contributed by atoms with Crippen molar-refractivity contribution in [1.29, 1.82) is 0 Å². The first kappa shape index (κ1) is 13.2. The van der Waals surface area contributed by atoms with Crippen molar-refractivity contribution >= 4 is 16.5 Å². The fourth-order valence-corrected chi connectivity index (χ4v) is 3.43. The number of aromatic nitrogens is 2. The molecule has 6 nitrogen and oxygen atoms in total. The Labute approximate surface area is 117 Å². The lowest BCUT2D eigenvalue weighted by molar-refractivity contribution is 0.0183. The van der Waals surface area contributed by atoms with Gasteiger partial charge in [0.25, 0.3) is 0 Å². The molecule has 1 N–H and O–H groups in total. The van der Waals surface area contributed by atoms with Crippen molar-refractivity contribution in [2.75, 3.05) is 51.8 Å². The molecule has 0 radical (unpaired) electrons. The van der Waals surface area contributed by atoms with Crippen LogP contribution >= 0.6 is 11.5 Å². The van der Waals surface area contributed by atoms with Crippen LogP contribution in [-0.4, -0.2) is 71.9 Å². The van der Waals surface area contributed by atoms with E-state index >= 15 is 0 Å². The van der Waals surface area contributed by atoms with E-state index in [2.05, 4.69) is 24.7 Å². The highest BCUT2D eigenvalue weighted by atomic mass is 32.1. The van der Waals surface area contributed by atoms with Gasteiger partial charge in [-0.2, -0.15) is 0 Å². The summed E-state index contributed by atoms with van der Waals surface area (Å²) in [4.78, 5) is 5.06. The summed E-state index contributed by atoms with van der Waals surface area (Å²) in [5.74, 6) is 0. The number of nitrogens with zero attached hydrogens (tertiary/aromatic N) is 4. The molecule has 1 aromatic heterocycles. The van der Waals surface area contributed by atoms with Gasteiger partial charge in [0.05, 0.1) is 13.2 Å². The quantitative estimate of drug-likeness (QED) is 0.868. The van der Waals surface area contributed by atoms with Crippen LogP contribution in [-0.2, 0) is 11.3 Å². The Morgan fingerprint density at radius 3 is 3.00 bits per heavy atom. The van der Waals surface area contributed by atoms with Gasteiger partial charge in [0.1, 0.15) is 10.7 Å². The van der Waals surface area contributed by atoms with Gasteiger partial charge in [0.15, 0.2) is 0 Å². The second-order valence-electron chi connectivity index (χ2n) is 5.12. The van der Waals surface area contributed by atoms with Gasteiger partial charge < -0.3 is 10.1 Å². The molecule has 1 unspecified atom stereocenters. The standard InChI is InChI=1S/C12H21N5OS/c1-13-12-11(14-15-19-12)9-16-3-2-10(8-16)17-4-6-18-7-5-17/h10,13H,2-9H2,1H3. The summed E-state index contributed by atoms with van der Waals surface area (Å²) in [7, 11) is 1.93. The number of ether oxygens (including phenoxy) is 1. The van der Waals surface area contributed by atoms with Crippen LogP contribution in [0.4, 0.5) is 5.00 Å². The number of likely N-dealkylation sites (tertiary alicyclic amines) is 1. The largest absolute Gasteiger partial charge is 0.379 e. The smallest absolute Gasteiger partial charge is 0.134 e. The molecule has 2 aliphatic heterocycles. The van der Waals surface area contributed by atoms with E-state index in [9.17, 15) is 0 Å². The van der Waals surface area contributed by atoms with E-state index in [1.807, 2.05) is 7.05 Å². The molecule has 3 rings (SSSR count). The van der Waals surface area contributed by atoms with Gasteiger partial charge in [-0.15, -0.1) is 5.10 Å².